The molecule has 27 heavy (non-hydrogen) atoms. The zero-order chi connectivity index (χ0) is 19.6. The largest absolute Gasteiger partial charge is 0.445 e. The number of primary amides is 1. The summed E-state index contributed by atoms with van der Waals surface area (Å²) >= 11 is 0. The molecular weight excluding hydrogens is 350 g/mol. The number of nitrogens with one attached hydrogen (secondary N) is 1. The number of nitro groups is 1. The lowest BCUT2D eigenvalue weighted by molar-refractivity contribution is -0.384. The highest BCUT2D eigenvalue weighted by Crippen LogP contribution is 2.18. The number of ether oxygens (including phenoxy) is 1. The molecule has 0 atom stereocenters. The van der Waals surface area contributed by atoms with E-state index in [9.17, 15) is 19.7 Å². The summed E-state index contributed by atoms with van der Waals surface area (Å²) in [6, 6.07) is 13.2. The SMILES string of the molecule is NC(=O)c1cc(C=CCCNC(=O)OCc2ccccc2)cc([N+](=O)[O-])c1. The molecule has 2 rings (SSSR count). The zero-order valence-corrected chi connectivity index (χ0v) is 14.5. The van der Waals surface area contributed by atoms with Gasteiger partial charge in [-0.3, -0.25) is 14.9 Å². The first-order valence-corrected chi connectivity index (χ1v) is 8.16. The Hall–Kier alpha value is -3.68. The Bertz CT molecular complexity index is 817. The highest BCUT2D eigenvalue weighted by molar-refractivity contribution is 5.94. The molecule has 2 aromatic carbocycles. The van der Waals surface area contributed by atoms with E-state index in [4.69, 9.17) is 10.5 Å². The minimum atomic E-state index is -0.740. The number of nitrogens with two attached hydrogens (primary N) is 1. The fourth-order valence-electron chi connectivity index (χ4n) is 2.23. The Morgan fingerprint density at radius 2 is 1.93 bits per heavy atom. The van der Waals surface area contributed by atoms with Gasteiger partial charge in [-0.25, -0.2) is 4.79 Å². The average molecular weight is 369 g/mol. The monoisotopic (exact) mass is 369 g/mol. The molecule has 3 N–H and O–H groups in total. The van der Waals surface area contributed by atoms with Crippen LogP contribution in [-0.2, 0) is 11.3 Å². The first kappa shape index (κ1) is 19.6. The van der Waals surface area contributed by atoms with Crippen LogP contribution in [0.25, 0.3) is 6.08 Å². The maximum Gasteiger partial charge on any atom is 0.407 e. The van der Waals surface area contributed by atoms with E-state index >= 15 is 0 Å². The number of carbonyl (C=O) groups is 2. The van der Waals surface area contributed by atoms with Gasteiger partial charge in [0.2, 0.25) is 5.91 Å². The molecule has 0 aliphatic carbocycles. The molecule has 0 aliphatic heterocycles. The quantitative estimate of drug-likeness (QED) is 0.420. The number of nitro benzene ring substituents is 1. The Kier molecular flexibility index (Phi) is 7.07. The van der Waals surface area contributed by atoms with Gasteiger partial charge in [-0.15, -0.1) is 0 Å². The molecule has 8 nitrogen and oxygen atoms in total. The highest BCUT2D eigenvalue weighted by atomic mass is 16.6. The van der Waals surface area contributed by atoms with Crippen molar-refractivity contribution in [3.05, 3.63) is 81.4 Å². The van der Waals surface area contributed by atoms with Crippen molar-refractivity contribution < 1.29 is 19.2 Å². The van der Waals surface area contributed by atoms with Gasteiger partial charge in [0.1, 0.15) is 6.61 Å². The van der Waals surface area contributed by atoms with Crippen LogP contribution < -0.4 is 11.1 Å². The van der Waals surface area contributed by atoms with Crippen LogP contribution >= 0.6 is 0 Å². The standard InChI is InChI=1S/C19H19N3O5/c20-18(23)16-10-15(11-17(12-16)22(25)26)8-4-5-9-21-19(24)27-13-14-6-2-1-3-7-14/h1-4,6-8,10-12H,5,9,13H2,(H2,20,23)(H,21,24). The number of amides is 2. The van der Waals surface area contributed by atoms with Crippen LogP contribution in [-0.4, -0.2) is 23.5 Å². The van der Waals surface area contributed by atoms with E-state index < -0.39 is 16.9 Å². The van der Waals surface area contributed by atoms with Crippen molar-refractivity contribution >= 4 is 23.8 Å². The van der Waals surface area contributed by atoms with E-state index in [2.05, 4.69) is 5.32 Å². The maximum atomic E-state index is 11.6. The van der Waals surface area contributed by atoms with E-state index in [1.165, 1.54) is 12.1 Å². The number of alkyl carbamates (subject to hydrolysis) is 1. The predicted molar refractivity (Wildman–Crippen MR) is 99.9 cm³/mol. The van der Waals surface area contributed by atoms with Gasteiger partial charge in [0.15, 0.2) is 0 Å². The lowest BCUT2D eigenvalue weighted by Crippen LogP contribution is -2.24. The Labute approximate surface area is 155 Å². The van der Waals surface area contributed by atoms with Crippen LogP contribution in [0.4, 0.5) is 10.5 Å². The molecule has 0 fully saturated rings. The van der Waals surface area contributed by atoms with Gasteiger partial charge in [-0.2, -0.15) is 0 Å². The van der Waals surface area contributed by atoms with Crippen molar-refractivity contribution in [1.82, 2.24) is 5.32 Å². The third kappa shape index (κ3) is 6.62. The highest BCUT2D eigenvalue weighted by Gasteiger charge is 2.11. The fraction of sp³-hybridized carbons (Fsp3) is 0.158. The van der Waals surface area contributed by atoms with Gasteiger partial charge < -0.3 is 15.8 Å². The van der Waals surface area contributed by atoms with Crippen molar-refractivity contribution in [1.29, 1.82) is 0 Å². The summed E-state index contributed by atoms with van der Waals surface area (Å²) in [5, 5.41) is 13.5. The number of hydrogen-bond acceptors (Lipinski definition) is 5. The first-order valence-electron chi connectivity index (χ1n) is 8.16. The van der Waals surface area contributed by atoms with E-state index in [1.807, 2.05) is 30.3 Å². The number of rotatable bonds is 8. The summed E-state index contributed by atoms with van der Waals surface area (Å²) in [6.07, 6.45) is 3.30. The molecule has 0 saturated heterocycles. The summed E-state index contributed by atoms with van der Waals surface area (Å²) in [4.78, 5) is 33.2. The van der Waals surface area contributed by atoms with Crippen molar-refractivity contribution in [3.8, 4) is 0 Å². The molecule has 0 spiro atoms. The van der Waals surface area contributed by atoms with Crippen molar-refractivity contribution in [2.45, 2.75) is 13.0 Å². The normalized spacial score (nSPS) is 10.5. The number of carbonyl (C=O) groups excluding carboxylic acids is 2. The molecule has 0 aromatic heterocycles. The number of hydrogen-bond donors (Lipinski definition) is 2. The second kappa shape index (κ2) is 9.71. The van der Waals surface area contributed by atoms with Crippen LogP contribution in [0.5, 0.6) is 0 Å². The third-order valence-corrected chi connectivity index (χ3v) is 3.54. The van der Waals surface area contributed by atoms with E-state index in [1.54, 1.807) is 12.2 Å². The van der Waals surface area contributed by atoms with Crippen LogP contribution in [0.3, 0.4) is 0 Å². The van der Waals surface area contributed by atoms with Crippen molar-refractivity contribution in [2.24, 2.45) is 5.73 Å². The van der Waals surface area contributed by atoms with Crippen LogP contribution in [0, 0.1) is 10.1 Å². The van der Waals surface area contributed by atoms with Gasteiger partial charge in [-0.05, 0) is 23.6 Å². The molecule has 0 aliphatic rings. The third-order valence-electron chi connectivity index (χ3n) is 3.54. The molecule has 0 radical (unpaired) electrons. The van der Waals surface area contributed by atoms with E-state index in [0.29, 0.717) is 18.5 Å². The molecule has 140 valence electrons. The van der Waals surface area contributed by atoms with Crippen LogP contribution in [0.15, 0.2) is 54.6 Å². The number of non-ortho nitro benzene ring substituents is 1. The molecule has 0 heterocycles. The minimum absolute atomic E-state index is 0.0615. The van der Waals surface area contributed by atoms with E-state index in [-0.39, 0.29) is 17.9 Å². The summed E-state index contributed by atoms with van der Waals surface area (Å²) < 4.78 is 5.08. The van der Waals surface area contributed by atoms with Crippen molar-refractivity contribution in [3.63, 3.8) is 0 Å². The molecule has 0 saturated carbocycles. The van der Waals surface area contributed by atoms with Gasteiger partial charge in [0.25, 0.3) is 5.69 Å². The van der Waals surface area contributed by atoms with Gasteiger partial charge in [0.05, 0.1) is 4.92 Å². The van der Waals surface area contributed by atoms with E-state index in [0.717, 1.165) is 11.6 Å². The number of benzene rings is 2. The Morgan fingerprint density at radius 3 is 2.59 bits per heavy atom. The molecule has 0 unspecified atom stereocenters. The zero-order valence-electron chi connectivity index (χ0n) is 14.5. The van der Waals surface area contributed by atoms with Crippen molar-refractivity contribution in [2.75, 3.05) is 6.54 Å². The molecule has 0 bridgehead atoms. The number of nitrogens with zero attached hydrogens (tertiary/aromatic N) is 1. The summed E-state index contributed by atoms with van der Waals surface area (Å²) in [5.74, 6) is -0.740. The summed E-state index contributed by atoms with van der Waals surface area (Å²) in [5.41, 5.74) is 6.40. The van der Waals surface area contributed by atoms with Crippen LogP contribution in [0.1, 0.15) is 27.9 Å². The molecule has 2 amide bonds. The maximum absolute atomic E-state index is 11.6. The molecule has 8 heteroatoms. The second-order valence-electron chi connectivity index (χ2n) is 5.61. The Balaban J connectivity index is 1.81. The smallest absolute Gasteiger partial charge is 0.407 e. The minimum Gasteiger partial charge on any atom is -0.445 e. The Morgan fingerprint density at radius 1 is 1.19 bits per heavy atom. The lowest BCUT2D eigenvalue weighted by atomic mass is 10.1. The molecule has 2 aromatic rings. The fourth-order valence-corrected chi connectivity index (χ4v) is 2.23. The average Bonchev–Trinajstić information content (AvgIpc) is 2.66. The summed E-state index contributed by atoms with van der Waals surface area (Å²) in [6.45, 7) is 0.522. The molecular formula is C19H19N3O5. The van der Waals surface area contributed by atoms with Crippen LogP contribution in [0.2, 0.25) is 0 Å². The first-order chi connectivity index (χ1) is 13.0. The topological polar surface area (TPSA) is 125 Å². The van der Waals surface area contributed by atoms with Gasteiger partial charge in [-0.1, -0.05) is 42.5 Å². The van der Waals surface area contributed by atoms with Gasteiger partial charge >= 0.3 is 6.09 Å². The van der Waals surface area contributed by atoms with Gasteiger partial charge in [0, 0.05) is 24.2 Å². The predicted octanol–water partition coefficient (Wildman–Crippen LogP) is 3.02. The second-order valence-corrected chi connectivity index (χ2v) is 5.61. The summed E-state index contributed by atoms with van der Waals surface area (Å²) in [7, 11) is 0. The lowest BCUT2D eigenvalue weighted by Gasteiger charge is -2.06.